The van der Waals surface area contributed by atoms with Crippen LogP contribution in [0, 0.1) is 6.92 Å². The van der Waals surface area contributed by atoms with Crippen molar-refractivity contribution in [3.63, 3.8) is 0 Å². The molecule has 5 aromatic carbocycles. The maximum absolute atomic E-state index is 5.27. The molecule has 7 rings (SSSR count). The van der Waals surface area contributed by atoms with Crippen LogP contribution in [0.5, 0.6) is 0 Å². The Morgan fingerprint density at radius 2 is 1.46 bits per heavy atom. The molecule has 48 heavy (non-hydrogen) atoms. The zero-order valence-corrected chi connectivity index (χ0v) is 29.0. The fourth-order valence-electron chi connectivity index (χ4n) is 7.49. The first-order valence-corrected chi connectivity index (χ1v) is 17.7. The summed E-state index contributed by atoms with van der Waals surface area (Å²) in [5.74, 6) is 0. The molecule has 0 saturated heterocycles. The maximum Gasteiger partial charge on any atom is 0.0656 e. The van der Waals surface area contributed by atoms with Gasteiger partial charge >= 0.3 is 0 Å². The second kappa shape index (κ2) is 13.6. The van der Waals surface area contributed by atoms with Gasteiger partial charge in [-0.05, 0) is 109 Å². The quantitative estimate of drug-likeness (QED) is 0.142. The molecule has 0 radical (unpaired) electrons. The zero-order chi connectivity index (χ0) is 33.2. The molecular weight excluding hydrogens is 581 g/mol. The summed E-state index contributed by atoms with van der Waals surface area (Å²) in [5.41, 5.74) is 10.3. The van der Waals surface area contributed by atoms with Crippen molar-refractivity contribution in [2.24, 2.45) is 4.99 Å². The third kappa shape index (κ3) is 5.85. The number of benzene rings is 5. The average molecular weight is 627 g/mol. The highest BCUT2D eigenvalue weighted by atomic mass is 15.0. The van der Waals surface area contributed by atoms with Crippen molar-refractivity contribution in [1.82, 2.24) is 4.57 Å². The lowest BCUT2D eigenvalue weighted by atomic mass is 9.95. The number of hydrogen-bond donors (Lipinski definition) is 0. The Kier molecular flexibility index (Phi) is 9.00. The Balaban J connectivity index is 1.39. The minimum Gasteiger partial charge on any atom is -0.338 e. The van der Waals surface area contributed by atoms with Crippen molar-refractivity contribution in [2.75, 3.05) is 0 Å². The Morgan fingerprint density at radius 1 is 0.750 bits per heavy atom. The number of rotatable bonds is 9. The van der Waals surface area contributed by atoms with E-state index in [-0.39, 0.29) is 6.04 Å². The van der Waals surface area contributed by atoms with Gasteiger partial charge in [0.15, 0.2) is 0 Å². The Bertz CT molecular complexity index is 2280. The van der Waals surface area contributed by atoms with Gasteiger partial charge in [-0.25, -0.2) is 0 Å². The first-order chi connectivity index (χ1) is 23.5. The Labute approximate surface area is 285 Å². The van der Waals surface area contributed by atoms with Gasteiger partial charge in [-0.2, -0.15) is 0 Å². The summed E-state index contributed by atoms with van der Waals surface area (Å²) in [6.45, 7) is 11.3. The molecular formula is C46H46N2. The summed E-state index contributed by atoms with van der Waals surface area (Å²) >= 11 is 0. The summed E-state index contributed by atoms with van der Waals surface area (Å²) < 4.78 is 2.56. The number of hydrogen-bond acceptors (Lipinski definition) is 1. The van der Waals surface area contributed by atoms with E-state index in [1.165, 1.54) is 71.2 Å². The second-order valence-electron chi connectivity index (χ2n) is 13.4. The Hall–Kier alpha value is -4.95. The van der Waals surface area contributed by atoms with E-state index in [1.54, 1.807) is 0 Å². The van der Waals surface area contributed by atoms with E-state index in [4.69, 9.17) is 4.99 Å². The third-order valence-corrected chi connectivity index (χ3v) is 10.3. The lowest BCUT2D eigenvalue weighted by molar-refractivity contribution is 0.539. The largest absolute Gasteiger partial charge is 0.338 e. The molecule has 0 amide bonds. The SMILES string of the molecule is CCC(C)/N=C(\C=C\C1=C(c2ccccc2)C(=C/C=c2\c3cccc4cccc(c43)n2C(C)CC)/CC1)c1cccc2cccc(C)c12. The summed E-state index contributed by atoms with van der Waals surface area (Å²) in [6, 6.07) is 38.2. The number of aryl methyl sites for hydroxylation is 1. The van der Waals surface area contributed by atoms with Crippen LogP contribution in [0.1, 0.15) is 76.1 Å². The molecule has 2 unspecified atom stereocenters. The van der Waals surface area contributed by atoms with Crippen LogP contribution >= 0.6 is 0 Å². The predicted molar refractivity (Wildman–Crippen MR) is 209 cm³/mol. The molecule has 240 valence electrons. The van der Waals surface area contributed by atoms with Gasteiger partial charge in [0.1, 0.15) is 0 Å². The molecule has 2 heteroatoms. The third-order valence-electron chi connectivity index (χ3n) is 10.3. The van der Waals surface area contributed by atoms with E-state index in [1.807, 2.05) is 0 Å². The molecule has 1 heterocycles. The average Bonchev–Trinajstić information content (AvgIpc) is 3.68. The van der Waals surface area contributed by atoms with Gasteiger partial charge in [0.05, 0.1) is 5.71 Å². The first kappa shape index (κ1) is 31.6. The van der Waals surface area contributed by atoms with E-state index in [9.17, 15) is 0 Å². The first-order valence-electron chi connectivity index (χ1n) is 17.7. The molecule has 0 bridgehead atoms. The standard InChI is InChI=1S/C46H46N2/c1-6-32(4)47-41(39-22-12-19-34-18-11-15-31(3)44(34)39)29-27-37-25-26-38(45(37)35-16-9-8-10-17-35)28-30-42-40-23-13-20-36-21-14-24-43(46(36)40)48(42)33(5)7-2/h8-24,27-30,32-33H,6-7,25-26H2,1-5H3/b29-27+,38-28+,42-30+,47-41+. The van der Waals surface area contributed by atoms with E-state index < -0.39 is 0 Å². The highest BCUT2D eigenvalue weighted by Gasteiger charge is 2.21. The molecule has 6 aromatic rings. The van der Waals surface area contributed by atoms with Crippen molar-refractivity contribution in [1.29, 1.82) is 0 Å². The maximum atomic E-state index is 5.27. The monoisotopic (exact) mass is 626 g/mol. The minimum atomic E-state index is 0.241. The minimum absolute atomic E-state index is 0.241. The molecule has 1 aromatic heterocycles. The second-order valence-corrected chi connectivity index (χ2v) is 13.4. The van der Waals surface area contributed by atoms with Crippen molar-refractivity contribution in [3.8, 4) is 0 Å². The predicted octanol–water partition coefficient (Wildman–Crippen LogP) is 11.7. The molecule has 1 aliphatic carbocycles. The molecule has 0 saturated carbocycles. The number of fused-ring (bicyclic) bond motifs is 1. The van der Waals surface area contributed by atoms with E-state index in [0.717, 1.165) is 31.4 Å². The van der Waals surface area contributed by atoms with E-state index in [0.29, 0.717) is 6.04 Å². The Morgan fingerprint density at radius 3 is 2.21 bits per heavy atom. The number of aliphatic imine (C=N–C) groups is 1. The van der Waals surface area contributed by atoms with Crippen LogP contribution in [0.15, 0.2) is 137 Å². The van der Waals surface area contributed by atoms with E-state index >= 15 is 0 Å². The van der Waals surface area contributed by atoms with Gasteiger partial charge in [-0.15, -0.1) is 0 Å². The van der Waals surface area contributed by atoms with Gasteiger partial charge in [-0.1, -0.05) is 123 Å². The van der Waals surface area contributed by atoms with Gasteiger partial charge in [0, 0.05) is 39.3 Å². The van der Waals surface area contributed by atoms with Gasteiger partial charge in [0.25, 0.3) is 0 Å². The zero-order valence-electron chi connectivity index (χ0n) is 29.0. The molecule has 2 atom stereocenters. The molecule has 1 aliphatic rings. The van der Waals surface area contributed by atoms with Crippen LogP contribution in [-0.4, -0.2) is 16.3 Å². The van der Waals surface area contributed by atoms with Crippen molar-refractivity contribution in [2.45, 2.75) is 72.4 Å². The van der Waals surface area contributed by atoms with E-state index in [2.05, 4.69) is 167 Å². The normalized spacial score (nSPS) is 16.8. The van der Waals surface area contributed by atoms with Crippen molar-refractivity contribution < 1.29 is 0 Å². The van der Waals surface area contributed by atoms with Crippen LogP contribution in [0.4, 0.5) is 0 Å². The number of nitrogens with zero attached hydrogens (tertiary/aromatic N) is 2. The van der Waals surface area contributed by atoms with Crippen LogP contribution in [0.3, 0.4) is 0 Å². The summed E-state index contributed by atoms with van der Waals surface area (Å²) in [4.78, 5) is 5.27. The van der Waals surface area contributed by atoms with Crippen molar-refractivity contribution in [3.05, 3.63) is 155 Å². The fraction of sp³-hybridized carbons (Fsp3) is 0.239. The summed E-state index contributed by atoms with van der Waals surface area (Å²) in [5, 5.41) is 7.87. The number of allylic oxidation sites excluding steroid dienone is 6. The van der Waals surface area contributed by atoms with Gasteiger partial charge in [0.2, 0.25) is 0 Å². The molecule has 2 nitrogen and oxygen atoms in total. The van der Waals surface area contributed by atoms with Crippen LogP contribution in [0.2, 0.25) is 0 Å². The lowest BCUT2D eigenvalue weighted by Crippen LogP contribution is -2.19. The topological polar surface area (TPSA) is 17.3 Å². The molecule has 0 fully saturated rings. The van der Waals surface area contributed by atoms with Crippen molar-refractivity contribution >= 4 is 49.8 Å². The van der Waals surface area contributed by atoms with Gasteiger partial charge in [-0.3, -0.25) is 4.99 Å². The molecule has 0 spiro atoms. The van der Waals surface area contributed by atoms with Crippen LogP contribution in [0.25, 0.3) is 44.1 Å². The summed E-state index contributed by atoms with van der Waals surface area (Å²) in [6.07, 6.45) is 13.5. The molecule has 0 N–H and O–H groups in total. The molecule has 0 aliphatic heterocycles. The lowest BCUT2D eigenvalue weighted by Gasteiger charge is -2.14. The fourth-order valence-corrected chi connectivity index (χ4v) is 7.49. The van der Waals surface area contributed by atoms with Crippen LogP contribution in [-0.2, 0) is 0 Å². The highest BCUT2D eigenvalue weighted by Crippen LogP contribution is 2.40. The number of aromatic nitrogens is 1. The highest BCUT2D eigenvalue weighted by molar-refractivity contribution is 6.17. The summed E-state index contributed by atoms with van der Waals surface area (Å²) in [7, 11) is 0. The smallest absolute Gasteiger partial charge is 0.0656 e. The van der Waals surface area contributed by atoms with Gasteiger partial charge < -0.3 is 4.57 Å². The van der Waals surface area contributed by atoms with Crippen LogP contribution < -0.4 is 5.35 Å².